The average molecular weight is 117 g/mol. The van der Waals surface area contributed by atoms with Crippen molar-refractivity contribution >= 4 is 0 Å². The summed E-state index contributed by atoms with van der Waals surface area (Å²) in [6.45, 7) is -0.250. The zero-order valence-corrected chi connectivity index (χ0v) is 3.92. The largest absolute Gasteiger partial charge is 0.412 e. The Morgan fingerprint density at radius 3 is 1.14 bits per heavy atom. The van der Waals surface area contributed by atoms with Crippen LogP contribution in [0.5, 0.6) is 0 Å². The maximum Gasteiger partial charge on any atom is 0.0662 e. The predicted molar refractivity (Wildman–Crippen MR) is 25.3 cm³/mol. The van der Waals surface area contributed by atoms with Gasteiger partial charge in [0.25, 0.3) is 0 Å². The summed E-state index contributed by atoms with van der Waals surface area (Å²) in [5.74, 6) is 0. The van der Waals surface area contributed by atoms with Crippen LogP contribution in [-0.4, -0.2) is 28.9 Å². The van der Waals surface area contributed by atoms with Crippen LogP contribution < -0.4 is 6.15 Å². The maximum absolute atomic E-state index is 7.62. The fraction of sp³-hybridized carbons (Fsp3) is 1.00. The summed E-state index contributed by atoms with van der Waals surface area (Å²) < 4.78 is 0. The molecule has 0 bridgehead atoms. The van der Waals surface area contributed by atoms with Gasteiger partial charge in [0.1, 0.15) is 0 Å². The van der Waals surface area contributed by atoms with Crippen molar-refractivity contribution in [3.05, 3.63) is 0 Å². The van der Waals surface area contributed by atoms with E-state index in [0.717, 1.165) is 0 Å². The van der Waals surface area contributed by atoms with Crippen LogP contribution in [0.2, 0.25) is 0 Å². The minimum Gasteiger partial charge on any atom is -0.412 e. The Morgan fingerprint density at radius 1 is 1.00 bits per heavy atom. The minimum absolute atomic E-state index is 0. The number of hydrogen-bond donors (Lipinski definition) is 3. The van der Waals surface area contributed by atoms with Gasteiger partial charge in [-0.3, -0.25) is 4.70 Å². The molecule has 0 fully saturated rings. The molecular weight excluding hydrogens is 105 g/mol. The van der Waals surface area contributed by atoms with Crippen molar-refractivity contribution in [2.45, 2.75) is 0 Å². The molecule has 0 rings (SSSR count). The summed E-state index contributed by atoms with van der Waals surface area (Å²) in [5.41, 5.74) is 0. The van der Waals surface area contributed by atoms with Gasteiger partial charge in [-0.15, -0.1) is 0 Å². The number of hydrogen-bond acceptors (Lipinski definition) is 3. The lowest BCUT2D eigenvalue weighted by Crippen LogP contribution is -1.85. The van der Waals surface area contributed by atoms with Gasteiger partial charge in [0.15, 0.2) is 0 Å². The van der Waals surface area contributed by atoms with Gasteiger partial charge < -0.3 is 21.8 Å². The molecule has 0 heterocycles. The molecule has 7 heavy (non-hydrogen) atoms. The molecule has 0 aliphatic carbocycles. The molecule has 0 aromatic rings. The Balaban J connectivity index is -0.0000000150. The average Bonchev–Trinajstić information content (AvgIpc) is 1.37. The fourth-order valence-electron chi connectivity index (χ4n) is 0. The Kier molecular flexibility index (Phi) is 176. The van der Waals surface area contributed by atoms with E-state index in [-0.39, 0.29) is 29.5 Å². The highest BCUT2D eigenvalue weighted by molar-refractivity contribution is 4.06. The van der Waals surface area contributed by atoms with E-state index in [2.05, 4.69) is 0 Å². The lowest BCUT2D eigenvalue weighted by molar-refractivity contribution is 0.186. The number of halogens is 1. The molecule has 0 aromatic carbocycles. The highest BCUT2D eigenvalue weighted by Crippen LogP contribution is 1.39. The second-order valence-electron chi connectivity index (χ2n) is 0.447. The van der Waals surface area contributed by atoms with Crippen molar-refractivity contribution in [2.24, 2.45) is 0 Å². The summed E-state index contributed by atoms with van der Waals surface area (Å²) in [6, 6.07) is 0. The van der Waals surface area contributed by atoms with E-state index in [9.17, 15) is 0 Å². The fourth-order valence-corrected chi connectivity index (χ4v) is 0. The molecular formula is C2H12FNO3. The highest BCUT2D eigenvalue weighted by Gasteiger charge is 1.58. The molecule has 0 saturated carbocycles. The van der Waals surface area contributed by atoms with Crippen LogP contribution in [-0.2, 0) is 0 Å². The van der Waals surface area contributed by atoms with Gasteiger partial charge in [-0.25, -0.2) is 0 Å². The van der Waals surface area contributed by atoms with E-state index in [1.807, 2.05) is 0 Å². The zero-order valence-electron chi connectivity index (χ0n) is 3.92. The van der Waals surface area contributed by atoms with E-state index in [1.54, 1.807) is 0 Å². The zero-order chi connectivity index (χ0) is 3.41. The van der Waals surface area contributed by atoms with Crippen LogP contribution in [0.15, 0.2) is 0 Å². The first kappa shape index (κ1) is 29.4. The lowest BCUT2D eigenvalue weighted by atomic mass is 10.8. The first-order chi connectivity index (χ1) is 1.91. The summed E-state index contributed by atoms with van der Waals surface area (Å²) in [7, 11) is 0. The van der Waals surface area contributed by atoms with Crippen molar-refractivity contribution in [2.75, 3.05) is 13.2 Å². The predicted octanol–water partition coefficient (Wildman–Crippen LogP) is -1.54. The normalized spacial score (nSPS) is 4.29. The SMILES string of the molecule is F.N.O.OCCO. The van der Waals surface area contributed by atoms with Gasteiger partial charge in [0, 0.05) is 0 Å². The van der Waals surface area contributed by atoms with Gasteiger partial charge in [0.05, 0.1) is 13.2 Å². The monoisotopic (exact) mass is 117 g/mol. The summed E-state index contributed by atoms with van der Waals surface area (Å²) in [5, 5.41) is 15.2. The van der Waals surface area contributed by atoms with Crippen LogP contribution >= 0.6 is 0 Å². The molecule has 0 aromatic heterocycles. The van der Waals surface area contributed by atoms with E-state index in [4.69, 9.17) is 10.2 Å². The highest BCUT2D eigenvalue weighted by atomic mass is 19.0. The van der Waals surface area contributed by atoms with Crippen LogP contribution in [0, 0.1) is 0 Å². The van der Waals surface area contributed by atoms with Crippen LogP contribution in [0.3, 0.4) is 0 Å². The summed E-state index contributed by atoms with van der Waals surface area (Å²) in [4.78, 5) is 0. The quantitative estimate of drug-likeness (QED) is 0.387. The van der Waals surface area contributed by atoms with Crippen molar-refractivity contribution in [1.82, 2.24) is 6.15 Å². The molecule has 0 radical (unpaired) electrons. The Hall–Kier alpha value is -0.230. The Bertz CT molecular complexity index is 14.9. The van der Waals surface area contributed by atoms with E-state index in [0.29, 0.717) is 0 Å². The molecule has 0 aliphatic heterocycles. The van der Waals surface area contributed by atoms with E-state index < -0.39 is 0 Å². The molecule has 0 saturated heterocycles. The summed E-state index contributed by atoms with van der Waals surface area (Å²) >= 11 is 0. The molecule has 4 nitrogen and oxygen atoms in total. The summed E-state index contributed by atoms with van der Waals surface area (Å²) in [6.07, 6.45) is 0. The van der Waals surface area contributed by atoms with Gasteiger partial charge in [0.2, 0.25) is 0 Å². The van der Waals surface area contributed by atoms with Gasteiger partial charge >= 0.3 is 0 Å². The second-order valence-corrected chi connectivity index (χ2v) is 0.447. The van der Waals surface area contributed by atoms with Crippen molar-refractivity contribution in [3.63, 3.8) is 0 Å². The Labute approximate surface area is 41.0 Å². The molecule has 5 heteroatoms. The molecule has 0 aliphatic rings. The van der Waals surface area contributed by atoms with Crippen LogP contribution in [0.4, 0.5) is 4.70 Å². The van der Waals surface area contributed by atoms with E-state index >= 15 is 0 Å². The number of aliphatic hydroxyl groups excluding tert-OH is 2. The third-order valence-electron chi connectivity index (χ3n) is 0.1000. The topological polar surface area (TPSA) is 107 Å². The number of aliphatic hydroxyl groups is 2. The maximum atomic E-state index is 7.62. The molecule has 50 valence electrons. The number of rotatable bonds is 1. The standard InChI is InChI=1S/C2H6O2.FH.H3N.H2O/c3-1-2-4;;;/h3-4H,1-2H2;1H;1H3;1H2. The molecule has 0 unspecified atom stereocenters. The third-order valence-corrected chi connectivity index (χ3v) is 0.1000. The van der Waals surface area contributed by atoms with Gasteiger partial charge in [-0.05, 0) is 0 Å². The van der Waals surface area contributed by atoms with Gasteiger partial charge in [-0.1, -0.05) is 0 Å². The van der Waals surface area contributed by atoms with Crippen LogP contribution in [0.1, 0.15) is 0 Å². The van der Waals surface area contributed by atoms with Gasteiger partial charge in [-0.2, -0.15) is 0 Å². The third kappa shape index (κ3) is 138. The minimum atomic E-state index is -0.125. The van der Waals surface area contributed by atoms with E-state index in [1.165, 1.54) is 0 Å². The first-order valence-electron chi connectivity index (χ1n) is 1.13. The van der Waals surface area contributed by atoms with Crippen molar-refractivity contribution in [1.29, 1.82) is 0 Å². The smallest absolute Gasteiger partial charge is 0.0662 e. The second kappa shape index (κ2) is 41.9. The first-order valence-corrected chi connectivity index (χ1v) is 1.13. The molecule has 0 spiro atoms. The lowest BCUT2D eigenvalue weighted by Gasteiger charge is -1.70. The van der Waals surface area contributed by atoms with Crippen molar-refractivity contribution in [3.8, 4) is 0 Å². The van der Waals surface area contributed by atoms with Crippen LogP contribution in [0.25, 0.3) is 0 Å². The molecule has 7 N–H and O–H groups in total. The molecule has 0 atom stereocenters. The molecule has 0 amide bonds. The van der Waals surface area contributed by atoms with Crippen molar-refractivity contribution < 1.29 is 20.4 Å². The Morgan fingerprint density at radius 2 is 1.14 bits per heavy atom.